The molecule has 1 saturated heterocycles. The summed E-state index contributed by atoms with van der Waals surface area (Å²) in [6.45, 7) is 14.2. The fourth-order valence-electron chi connectivity index (χ4n) is 3.52. The second-order valence-electron chi connectivity index (χ2n) is 7.20. The van der Waals surface area contributed by atoms with E-state index in [-0.39, 0.29) is 6.04 Å². The van der Waals surface area contributed by atoms with Gasteiger partial charge in [0.15, 0.2) is 0 Å². The Morgan fingerprint density at radius 3 is 2.44 bits per heavy atom. The van der Waals surface area contributed by atoms with E-state index in [0.29, 0.717) is 13.2 Å². The monoisotopic (exact) mass is 456 g/mol. The van der Waals surface area contributed by atoms with Crippen LogP contribution in [0.2, 0.25) is 0 Å². The average Bonchev–Trinajstić information content (AvgIpc) is 3.37. The lowest BCUT2D eigenvalue weighted by Crippen LogP contribution is -2.41. The molecule has 1 N–H and O–H groups in total. The summed E-state index contributed by atoms with van der Waals surface area (Å²) < 4.78 is 6.61. The first-order valence-corrected chi connectivity index (χ1v) is 11.5. The Hall–Kier alpha value is -0.710. The minimum Gasteiger partial charge on any atom is -0.372 e. The van der Waals surface area contributed by atoms with Gasteiger partial charge < -0.3 is 15.0 Å². The molecule has 0 aromatic carbocycles. The van der Waals surface area contributed by atoms with E-state index in [2.05, 4.69) is 59.1 Å². The highest BCUT2D eigenvalue weighted by Crippen LogP contribution is 2.43. The molecule has 2 atom stereocenters. The van der Waals surface area contributed by atoms with E-state index in [1.54, 1.807) is 0 Å². The SMILES string of the molecule is CC.CC1CCN(C2=CC=C3C4=C(COC4)C(Br)=C(Cl)C3N2)C1.CCCC. The van der Waals surface area contributed by atoms with E-state index in [1.165, 1.54) is 41.8 Å². The Labute approximate surface area is 178 Å². The van der Waals surface area contributed by atoms with Gasteiger partial charge in [-0.3, -0.25) is 0 Å². The normalized spacial score (nSPS) is 26.1. The highest BCUT2D eigenvalue weighted by Gasteiger charge is 2.36. The van der Waals surface area contributed by atoms with Gasteiger partial charge in [0.1, 0.15) is 5.82 Å². The highest BCUT2D eigenvalue weighted by molar-refractivity contribution is 9.12. The molecule has 0 bridgehead atoms. The standard InChI is InChI=1S/C16H18BrClN2O.C4H10.C2H6/c1-9-4-5-20(6-9)13-3-2-10-11-7-21-8-12(11)14(17)15(18)16(10)19-13;1-3-4-2;1-2/h2-3,9,16,19H,4-8H2,1H3;3-4H2,1-2H3;1-2H3. The molecule has 5 heteroatoms. The lowest BCUT2D eigenvalue weighted by atomic mass is 9.88. The molecule has 0 aromatic heterocycles. The minimum absolute atomic E-state index is 0.0531. The molecule has 0 amide bonds. The summed E-state index contributed by atoms with van der Waals surface area (Å²) in [4.78, 5) is 2.42. The van der Waals surface area contributed by atoms with Gasteiger partial charge in [-0.1, -0.05) is 65.1 Å². The van der Waals surface area contributed by atoms with Crippen molar-refractivity contribution in [1.29, 1.82) is 0 Å². The lowest BCUT2D eigenvalue weighted by Gasteiger charge is -2.35. The van der Waals surface area contributed by atoms with Crippen molar-refractivity contribution in [2.24, 2.45) is 5.92 Å². The summed E-state index contributed by atoms with van der Waals surface area (Å²) in [5.74, 6) is 1.95. The second kappa shape index (κ2) is 10.7. The number of dihydropyridines is 1. The quantitative estimate of drug-likeness (QED) is 0.543. The molecule has 3 aliphatic heterocycles. The zero-order valence-electron chi connectivity index (χ0n) is 17.4. The second-order valence-corrected chi connectivity index (χ2v) is 8.40. The summed E-state index contributed by atoms with van der Waals surface area (Å²) in [6.07, 6.45) is 8.30. The summed E-state index contributed by atoms with van der Waals surface area (Å²) >= 11 is 10.2. The molecule has 3 nitrogen and oxygen atoms in total. The van der Waals surface area contributed by atoms with E-state index in [1.807, 2.05) is 13.8 Å². The molecule has 1 aliphatic carbocycles. The van der Waals surface area contributed by atoms with Crippen molar-refractivity contribution in [3.63, 3.8) is 0 Å². The first kappa shape index (κ1) is 22.6. The van der Waals surface area contributed by atoms with E-state index in [4.69, 9.17) is 16.3 Å². The minimum atomic E-state index is 0.0531. The summed E-state index contributed by atoms with van der Waals surface area (Å²) in [7, 11) is 0. The molecule has 1 fully saturated rings. The Morgan fingerprint density at radius 2 is 1.85 bits per heavy atom. The van der Waals surface area contributed by atoms with Gasteiger partial charge in [0.2, 0.25) is 0 Å². The Morgan fingerprint density at radius 1 is 1.19 bits per heavy atom. The molecule has 0 spiro atoms. The molecule has 2 unspecified atom stereocenters. The molecular formula is C22H34BrClN2O. The Balaban J connectivity index is 0.000000389. The van der Waals surface area contributed by atoms with Crippen molar-refractivity contribution in [3.05, 3.63) is 44.2 Å². The largest absolute Gasteiger partial charge is 0.372 e. The summed E-state index contributed by atoms with van der Waals surface area (Å²) in [5, 5.41) is 4.46. The van der Waals surface area contributed by atoms with E-state index in [9.17, 15) is 0 Å². The number of unbranched alkanes of at least 4 members (excludes halogenated alkanes) is 1. The first-order valence-electron chi connectivity index (χ1n) is 10.4. The summed E-state index contributed by atoms with van der Waals surface area (Å²) in [6, 6.07) is 0.0531. The van der Waals surface area contributed by atoms with Crippen LogP contribution < -0.4 is 5.32 Å². The smallest absolute Gasteiger partial charge is 0.102 e. The molecule has 0 aromatic rings. The molecular weight excluding hydrogens is 424 g/mol. The van der Waals surface area contributed by atoms with Gasteiger partial charge in [0.25, 0.3) is 0 Å². The topological polar surface area (TPSA) is 24.5 Å². The number of rotatable bonds is 2. The number of fused-ring (bicyclic) bond motifs is 2. The number of nitrogens with one attached hydrogen (secondary N) is 1. The number of allylic oxidation sites excluding steroid dienone is 2. The van der Waals surface area contributed by atoms with Crippen molar-refractivity contribution >= 4 is 27.5 Å². The number of ether oxygens (including phenoxy) is 1. The predicted molar refractivity (Wildman–Crippen MR) is 120 cm³/mol. The van der Waals surface area contributed by atoms with Crippen molar-refractivity contribution in [2.45, 2.75) is 59.9 Å². The van der Waals surface area contributed by atoms with Crippen LogP contribution in [-0.4, -0.2) is 37.2 Å². The summed E-state index contributed by atoms with van der Waals surface area (Å²) in [5.41, 5.74) is 3.75. The molecule has 27 heavy (non-hydrogen) atoms. The van der Waals surface area contributed by atoms with Crippen LogP contribution in [0.15, 0.2) is 44.2 Å². The van der Waals surface area contributed by atoms with Gasteiger partial charge in [-0.25, -0.2) is 0 Å². The highest BCUT2D eigenvalue weighted by atomic mass is 79.9. The predicted octanol–water partition coefficient (Wildman–Crippen LogP) is 6.09. The zero-order chi connectivity index (χ0) is 20.0. The molecule has 4 rings (SSSR count). The van der Waals surface area contributed by atoms with E-state index >= 15 is 0 Å². The fraction of sp³-hybridized carbons (Fsp3) is 0.636. The van der Waals surface area contributed by atoms with Crippen LogP contribution in [0.25, 0.3) is 0 Å². The van der Waals surface area contributed by atoms with Crippen molar-refractivity contribution in [2.75, 3.05) is 26.3 Å². The maximum absolute atomic E-state index is 6.60. The van der Waals surface area contributed by atoms with Crippen LogP contribution in [0.1, 0.15) is 53.9 Å². The number of hydrogen-bond acceptors (Lipinski definition) is 3. The third-order valence-electron chi connectivity index (χ3n) is 5.22. The fourth-order valence-corrected chi connectivity index (χ4v) is 4.39. The molecule has 0 saturated carbocycles. The van der Waals surface area contributed by atoms with Crippen molar-refractivity contribution in [1.82, 2.24) is 10.2 Å². The lowest BCUT2D eigenvalue weighted by molar-refractivity contribution is 0.206. The van der Waals surface area contributed by atoms with Gasteiger partial charge in [-0.2, -0.15) is 0 Å². The van der Waals surface area contributed by atoms with Gasteiger partial charge in [0, 0.05) is 17.6 Å². The Kier molecular flexibility index (Phi) is 8.97. The van der Waals surface area contributed by atoms with E-state index in [0.717, 1.165) is 28.5 Å². The van der Waals surface area contributed by atoms with Gasteiger partial charge in [-0.05, 0) is 51.1 Å². The number of likely N-dealkylation sites (tertiary alicyclic amines) is 1. The van der Waals surface area contributed by atoms with Crippen LogP contribution in [-0.2, 0) is 4.74 Å². The first-order chi connectivity index (χ1) is 13.1. The molecule has 0 radical (unpaired) electrons. The maximum atomic E-state index is 6.60. The number of nitrogens with zero attached hydrogens (tertiary/aromatic N) is 1. The van der Waals surface area contributed by atoms with Crippen molar-refractivity contribution in [3.8, 4) is 0 Å². The molecule has 3 heterocycles. The average molecular weight is 458 g/mol. The molecule has 4 aliphatic rings. The number of halogens is 2. The van der Waals surface area contributed by atoms with Crippen LogP contribution in [0.4, 0.5) is 0 Å². The zero-order valence-corrected chi connectivity index (χ0v) is 19.7. The maximum Gasteiger partial charge on any atom is 0.102 e. The van der Waals surface area contributed by atoms with E-state index < -0.39 is 0 Å². The van der Waals surface area contributed by atoms with Gasteiger partial charge >= 0.3 is 0 Å². The third kappa shape index (κ3) is 5.02. The van der Waals surface area contributed by atoms with Gasteiger partial charge in [-0.15, -0.1) is 0 Å². The van der Waals surface area contributed by atoms with Crippen LogP contribution in [0.3, 0.4) is 0 Å². The third-order valence-corrected chi connectivity index (χ3v) is 6.76. The van der Waals surface area contributed by atoms with Crippen LogP contribution >= 0.6 is 27.5 Å². The molecule has 152 valence electrons. The number of hydrogen-bond donors (Lipinski definition) is 1. The van der Waals surface area contributed by atoms with Crippen LogP contribution in [0, 0.1) is 5.92 Å². The Bertz CT molecular complexity index is 649. The van der Waals surface area contributed by atoms with Crippen LogP contribution in [0.5, 0.6) is 0 Å². The van der Waals surface area contributed by atoms with Gasteiger partial charge in [0.05, 0.1) is 24.3 Å². The van der Waals surface area contributed by atoms with Crippen molar-refractivity contribution < 1.29 is 4.74 Å².